The van der Waals surface area contributed by atoms with Crippen molar-refractivity contribution >= 4 is 5.96 Å². The molecule has 0 aromatic heterocycles. The summed E-state index contributed by atoms with van der Waals surface area (Å²) in [5, 5.41) is 15.4. The number of halogens is 3. The highest BCUT2D eigenvalue weighted by Gasteiger charge is 2.31. The minimum Gasteiger partial charge on any atom is -0.508 e. The van der Waals surface area contributed by atoms with Crippen LogP contribution < -0.4 is 15.4 Å². The minimum absolute atomic E-state index is 0.143. The molecular formula is C19H22F3N3O2. The summed E-state index contributed by atoms with van der Waals surface area (Å²) in [6.07, 6.45) is -3.07. The fourth-order valence-electron chi connectivity index (χ4n) is 2.44. The van der Waals surface area contributed by atoms with Crippen molar-refractivity contribution in [3.63, 3.8) is 0 Å². The van der Waals surface area contributed by atoms with Crippen molar-refractivity contribution in [1.29, 1.82) is 0 Å². The van der Waals surface area contributed by atoms with Crippen molar-refractivity contribution < 1.29 is 23.0 Å². The number of aromatic hydroxyl groups is 1. The van der Waals surface area contributed by atoms with Gasteiger partial charge in [-0.3, -0.25) is 4.99 Å². The Bertz CT molecular complexity index is 747. The average Bonchev–Trinajstić information content (AvgIpc) is 2.62. The normalized spacial score (nSPS) is 11.9. The van der Waals surface area contributed by atoms with Gasteiger partial charge in [-0.05, 0) is 36.6 Å². The van der Waals surface area contributed by atoms with E-state index in [1.54, 1.807) is 31.3 Å². The summed E-state index contributed by atoms with van der Waals surface area (Å²) in [4.78, 5) is 4.06. The molecule has 2 aromatic rings. The molecule has 5 nitrogen and oxygen atoms in total. The third-order valence-corrected chi connectivity index (χ3v) is 3.74. The van der Waals surface area contributed by atoms with E-state index < -0.39 is 6.36 Å². The van der Waals surface area contributed by atoms with Gasteiger partial charge in [0.2, 0.25) is 0 Å². The molecule has 0 spiro atoms. The van der Waals surface area contributed by atoms with Crippen LogP contribution in [-0.4, -0.2) is 31.0 Å². The molecule has 0 aliphatic carbocycles. The second-order valence-electron chi connectivity index (χ2n) is 5.78. The number of aliphatic imine (C=N–C) groups is 1. The number of ether oxygens (including phenoxy) is 1. The van der Waals surface area contributed by atoms with E-state index in [-0.39, 0.29) is 18.0 Å². The van der Waals surface area contributed by atoms with Crippen LogP contribution in [0.25, 0.3) is 0 Å². The van der Waals surface area contributed by atoms with Crippen molar-refractivity contribution in [3.8, 4) is 11.5 Å². The van der Waals surface area contributed by atoms with E-state index >= 15 is 0 Å². The summed E-state index contributed by atoms with van der Waals surface area (Å²) in [7, 11) is 1.59. The van der Waals surface area contributed by atoms with Gasteiger partial charge in [-0.1, -0.05) is 30.3 Å². The second kappa shape index (κ2) is 9.70. The average molecular weight is 381 g/mol. The molecule has 3 N–H and O–H groups in total. The Balaban J connectivity index is 1.79. The first-order valence-electron chi connectivity index (χ1n) is 8.43. The molecular weight excluding hydrogens is 359 g/mol. The maximum Gasteiger partial charge on any atom is 0.573 e. The van der Waals surface area contributed by atoms with Crippen LogP contribution in [0.2, 0.25) is 0 Å². The third-order valence-electron chi connectivity index (χ3n) is 3.74. The number of rotatable bonds is 7. The SMILES string of the molecule is CN=C(NCCCc1ccc(O)cc1)NCc1ccccc1OC(F)(F)F. The summed E-state index contributed by atoms with van der Waals surface area (Å²) in [6.45, 7) is 0.783. The Morgan fingerprint density at radius 3 is 2.44 bits per heavy atom. The fourth-order valence-corrected chi connectivity index (χ4v) is 2.44. The van der Waals surface area contributed by atoms with Gasteiger partial charge in [-0.15, -0.1) is 13.2 Å². The molecule has 2 rings (SSSR count). The third kappa shape index (κ3) is 7.47. The number of alkyl halides is 3. The smallest absolute Gasteiger partial charge is 0.508 e. The first kappa shape index (κ1) is 20.4. The van der Waals surface area contributed by atoms with Crippen LogP contribution in [0.3, 0.4) is 0 Å². The molecule has 0 heterocycles. The minimum atomic E-state index is -4.73. The highest BCUT2D eigenvalue weighted by Crippen LogP contribution is 2.26. The van der Waals surface area contributed by atoms with Crippen molar-refractivity contribution in [1.82, 2.24) is 10.6 Å². The summed E-state index contributed by atoms with van der Waals surface area (Å²) in [6, 6.07) is 13.0. The van der Waals surface area contributed by atoms with E-state index in [1.807, 2.05) is 12.1 Å². The molecule has 0 saturated carbocycles. The number of para-hydroxylation sites is 1. The summed E-state index contributed by atoms with van der Waals surface area (Å²) >= 11 is 0. The topological polar surface area (TPSA) is 65.9 Å². The second-order valence-corrected chi connectivity index (χ2v) is 5.78. The van der Waals surface area contributed by atoms with Crippen molar-refractivity contribution in [2.45, 2.75) is 25.7 Å². The lowest BCUT2D eigenvalue weighted by atomic mass is 10.1. The molecule has 0 amide bonds. The van der Waals surface area contributed by atoms with Crippen molar-refractivity contribution in [3.05, 3.63) is 59.7 Å². The van der Waals surface area contributed by atoms with Gasteiger partial charge in [-0.2, -0.15) is 0 Å². The number of hydrogen-bond donors (Lipinski definition) is 3. The molecule has 0 aliphatic rings. The first-order chi connectivity index (χ1) is 12.9. The van der Waals surface area contributed by atoms with E-state index in [0.29, 0.717) is 18.1 Å². The van der Waals surface area contributed by atoms with Gasteiger partial charge in [0.15, 0.2) is 5.96 Å². The van der Waals surface area contributed by atoms with Gasteiger partial charge in [0.05, 0.1) is 0 Å². The van der Waals surface area contributed by atoms with Crippen LogP contribution in [-0.2, 0) is 13.0 Å². The molecule has 0 atom stereocenters. The quantitative estimate of drug-likeness (QED) is 0.390. The number of phenols is 1. The van der Waals surface area contributed by atoms with Gasteiger partial charge in [0.1, 0.15) is 11.5 Å². The van der Waals surface area contributed by atoms with E-state index in [2.05, 4.69) is 20.4 Å². The van der Waals surface area contributed by atoms with Crippen LogP contribution in [0.5, 0.6) is 11.5 Å². The summed E-state index contributed by atoms with van der Waals surface area (Å²) < 4.78 is 41.4. The van der Waals surface area contributed by atoms with Crippen LogP contribution >= 0.6 is 0 Å². The highest BCUT2D eigenvalue weighted by atomic mass is 19.4. The van der Waals surface area contributed by atoms with Gasteiger partial charge in [-0.25, -0.2) is 0 Å². The zero-order valence-electron chi connectivity index (χ0n) is 14.9. The lowest BCUT2D eigenvalue weighted by Gasteiger charge is -2.15. The monoisotopic (exact) mass is 381 g/mol. The molecule has 2 aromatic carbocycles. The maximum absolute atomic E-state index is 12.5. The number of nitrogens with one attached hydrogen (secondary N) is 2. The molecule has 0 aliphatic heterocycles. The summed E-state index contributed by atoms with van der Waals surface area (Å²) in [5.41, 5.74) is 1.48. The van der Waals surface area contributed by atoms with Gasteiger partial charge < -0.3 is 20.5 Å². The zero-order chi connectivity index (χ0) is 19.7. The van der Waals surface area contributed by atoms with Crippen molar-refractivity contribution in [2.24, 2.45) is 4.99 Å². The molecule has 0 radical (unpaired) electrons. The fraction of sp³-hybridized carbons (Fsp3) is 0.316. The number of hydrogen-bond acceptors (Lipinski definition) is 3. The Morgan fingerprint density at radius 1 is 1.07 bits per heavy atom. The molecule has 8 heteroatoms. The van der Waals surface area contributed by atoms with E-state index in [0.717, 1.165) is 18.4 Å². The number of benzene rings is 2. The molecule has 0 fully saturated rings. The van der Waals surface area contributed by atoms with E-state index in [1.165, 1.54) is 12.1 Å². The number of aryl methyl sites for hydroxylation is 1. The Morgan fingerprint density at radius 2 is 1.78 bits per heavy atom. The van der Waals surface area contributed by atoms with E-state index in [4.69, 9.17) is 0 Å². The molecule has 0 bridgehead atoms. The lowest BCUT2D eigenvalue weighted by Crippen LogP contribution is -2.37. The highest BCUT2D eigenvalue weighted by molar-refractivity contribution is 5.79. The largest absolute Gasteiger partial charge is 0.573 e. The maximum atomic E-state index is 12.5. The van der Waals surface area contributed by atoms with Gasteiger partial charge in [0.25, 0.3) is 0 Å². The zero-order valence-corrected chi connectivity index (χ0v) is 14.9. The predicted molar refractivity (Wildman–Crippen MR) is 97.8 cm³/mol. The Labute approximate surface area is 155 Å². The Hall–Kier alpha value is -2.90. The summed E-state index contributed by atoms with van der Waals surface area (Å²) in [5.74, 6) is 0.485. The predicted octanol–water partition coefficient (Wildman–Crippen LogP) is 3.59. The van der Waals surface area contributed by atoms with Crippen LogP contribution in [0.15, 0.2) is 53.5 Å². The number of guanidine groups is 1. The van der Waals surface area contributed by atoms with Crippen molar-refractivity contribution in [2.75, 3.05) is 13.6 Å². The van der Waals surface area contributed by atoms with Gasteiger partial charge in [0, 0.05) is 25.7 Å². The van der Waals surface area contributed by atoms with E-state index in [9.17, 15) is 18.3 Å². The lowest BCUT2D eigenvalue weighted by molar-refractivity contribution is -0.274. The number of phenolic OH excluding ortho intramolecular Hbond substituents is 1. The molecule has 146 valence electrons. The van der Waals surface area contributed by atoms with Crippen LogP contribution in [0, 0.1) is 0 Å². The van der Waals surface area contributed by atoms with Crippen LogP contribution in [0.4, 0.5) is 13.2 Å². The number of nitrogens with zero attached hydrogens (tertiary/aromatic N) is 1. The Kier molecular flexibility index (Phi) is 7.34. The standard InChI is InChI=1S/C19H22F3N3O2/c1-23-18(24-12-4-5-14-8-10-16(26)11-9-14)25-13-15-6-2-3-7-17(15)27-19(20,21)22/h2-3,6-11,26H,4-5,12-13H2,1H3,(H2,23,24,25). The van der Waals surface area contributed by atoms with Crippen LogP contribution in [0.1, 0.15) is 17.5 Å². The first-order valence-corrected chi connectivity index (χ1v) is 8.43. The van der Waals surface area contributed by atoms with Gasteiger partial charge >= 0.3 is 6.36 Å². The molecule has 27 heavy (non-hydrogen) atoms. The molecule has 0 saturated heterocycles. The molecule has 0 unspecified atom stereocenters.